The molecule has 0 bridgehead atoms. The Morgan fingerprint density at radius 3 is 2.12 bits per heavy atom. The lowest BCUT2D eigenvalue weighted by Crippen LogP contribution is -2.27. The van der Waals surface area contributed by atoms with E-state index in [9.17, 15) is 22.8 Å². The largest absolute Gasteiger partial charge is 0.444 e. The Morgan fingerprint density at radius 2 is 1.54 bits per heavy atom. The van der Waals surface area contributed by atoms with E-state index in [1.165, 1.54) is 6.07 Å². The first-order valence-electron chi connectivity index (χ1n) is 7.62. The summed E-state index contributed by atoms with van der Waals surface area (Å²) in [5, 5.41) is 4.46. The van der Waals surface area contributed by atoms with Crippen LogP contribution < -0.4 is 10.6 Å². The lowest BCUT2D eigenvalue weighted by Gasteiger charge is -2.20. The van der Waals surface area contributed by atoms with Crippen LogP contribution in [0.1, 0.15) is 31.1 Å². The maximum atomic E-state index is 13.9. The first kappa shape index (κ1) is 19.3. The molecule has 0 spiro atoms. The molecule has 2 aromatic rings. The number of hydrogen-bond acceptors (Lipinski definition) is 3. The van der Waals surface area contributed by atoms with E-state index in [4.69, 9.17) is 4.74 Å². The third-order valence-electron chi connectivity index (χ3n) is 3.05. The van der Waals surface area contributed by atoms with E-state index in [1.807, 2.05) is 0 Å². The topological polar surface area (TPSA) is 67.4 Å². The van der Waals surface area contributed by atoms with Gasteiger partial charge in [0.2, 0.25) is 0 Å². The molecule has 8 heteroatoms. The number of nitrogens with one attached hydrogen (secondary N) is 2. The zero-order chi connectivity index (χ0) is 19.5. The first-order valence-corrected chi connectivity index (χ1v) is 7.62. The summed E-state index contributed by atoms with van der Waals surface area (Å²) >= 11 is 0. The molecule has 0 aliphatic rings. The predicted octanol–water partition coefficient (Wildman–Crippen LogP) is 4.70. The van der Waals surface area contributed by atoms with Crippen molar-refractivity contribution in [3.05, 3.63) is 59.4 Å². The van der Waals surface area contributed by atoms with Crippen LogP contribution in [0.25, 0.3) is 0 Å². The number of carbonyl (C=O) groups excluding carboxylic acids is 2. The van der Waals surface area contributed by atoms with Gasteiger partial charge in [-0.05, 0) is 51.1 Å². The van der Waals surface area contributed by atoms with Crippen LogP contribution >= 0.6 is 0 Å². The van der Waals surface area contributed by atoms with Gasteiger partial charge >= 0.3 is 6.09 Å². The molecule has 2 aromatic carbocycles. The normalized spacial score (nSPS) is 11.0. The minimum atomic E-state index is -1.16. The van der Waals surface area contributed by atoms with Gasteiger partial charge in [-0.3, -0.25) is 10.1 Å². The number of hydrogen-bond donors (Lipinski definition) is 2. The molecule has 0 saturated heterocycles. The van der Waals surface area contributed by atoms with Crippen molar-refractivity contribution in [3.63, 3.8) is 0 Å². The summed E-state index contributed by atoms with van der Waals surface area (Å²) in [6.45, 7) is 5.02. The van der Waals surface area contributed by atoms with Gasteiger partial charge in [0.25, 0.3) is 5.91 Å². The molecule has 0 atom stereocenters. The maximum absolute atomic E-state index is 13.9. The van der Waals surface area contributed by atoms with Gasteiger partial charge in [0, 0.05) is 5.69 Å². The molecule has 0 radical (unpaired) electrons. The first-order chi connectivity index (χ1) is 12.1. The molecule has 2 amide bonds. The van der Waals surface area contributed by atoms with Gasteiger partial charge in [0.1, 0.15) is 28.6 Å². The Labute approximate surface area is 148 Å². The smallest absolute Gasteiger partial charge is 0.412 e. The van der Waals surface area contributed by atoms with Crippen molar-refractivity contribution in [2.45, 2.75) is 26.4 Å². The Kier molecular flexibility index (Phi) is 5.54. The zero-order valence-corrected chi connectivity index (χ0v) is 14.3. The number of ether oxygens (including phenoxy) is 1. The molecule has 0 aliphatic carbocycles. The number of halogens is 3. The summed E-state index contributed by atoms with van der Waals surface area (Å²) in [5.74, 6) is -4.16. The van der Waals surface area contributed by atoms with E-state index in [-0.39, 0.29) is 11.4 Å². The highest BCUT2D eigenvalue weighted by atomic mass is 19.1. The van der Waals surface area contributed by atoms with Crippen LogP contribution in [-0.2, 0) is 4.74 Å². The van der Waals surface area contributed by atoms with Crippen molar-refractivity contribution in [3.8, 4) is 0 Å². The lowest BCUT2D eigenvalue weighted by atomic mass is 10.1. The SMILES string of the molecule is CC(C)(C)OC(=O)Nc1ccc(F)c(NC(=O)c2c(F)cccc2F)c1. The van der Waals surface area contributed by atoms with E-state index in [0.29, 0.717) is 0 Å². The van der Waals surface area contributed by atoms with E-state index < -0.39 is 40.6 Å². The summed E-state index contributed by atoms with van der Waals surface area (Å²) in [7, 11) is 0. The van der Waals surface area contributed by atoms with Crippen LogP contribution in [0.5, 0.6) is 0 Å². The fourth-order valence-electron chi connectivity index (χ4n) is 2.02. The second-order valence-electron chi connectivity index (χ2n) is 6.37. The van der Waals surface area contributed by atoms with Gasteiger partial charge in [0.05, 0.1) is 5.69 Å². The molecule has 0 unspecified atom stereocenters. The highest BCUT2D eigenvalue weighted by Gasteiger charge is 2.20. The molecule has 0 saturated carbocycles. The second kappa shape index (κ2) is 7.47. The van der Waals surface area contributed by atoms with Gasteiger partial charge in [-0.2, -0.15) is 0 Å². The average molecular weight is 366 g/mol. The van der Waals surface area contributed by atoms with Crippen LogP contribution in [0.4, 0.5) is 29.3 Å². The van der Waals surface area contributed by atoms with Crippen molar-refractivity contribution in [1.82, 2.24) is 0 Å². The molecule has 0 aromatic heterocycles. The van der Waals surface area contributed by atoms with Crippen molar-refractivity contribution in [2.75, 3.05) is 10.6 Å². The second-order valence-corrected chi connectivity index (χ2v) is 6.37. The number of rotatable bonds is 3. The average Bonchev–Trinajstić information content (AvgIpc) is 2.48. The van der Waals surface area contributed by atoms with E-state index in [0.717, 1.165) is 30.3 Å². The summed E-state index contributed by atoms with van der Waals surface area (Å²) in [4.78, 5) is 23.8. The zero-order valence-electron chi connectivity index (χ0n) is 14.3. The number of amides is 2. The minimum absolute atomic E-state index is 0.130. The summed E-state index contributed by atoms with van der Waals surface area (Å²) < 4.78 is 46.3. The van der Waals surface area contributed by atoms with Crippen LogP contribution in [0.15, 0.2) is 36.4 Å². The Balaban J connectivity index is 2.20. The Morgan fingerprint density at radius 1 is 0.923 bits per heavy atom. The molecular formula is C18H17F3N2O3. The number of carbonyl (C=O) groups is 2. The van der Waals surface area contributed by atoms with E-state index >= 15 is 0 Å². The van der Waals surface area contributed by atoms with E-state index in [1.54, 1.807) is 20.8 Å². The van der Waals surface area contributed by atoms with Crippen molar-refractivity contribution in [1.29, 1.82) is 0 Å². The summed E-state index contributed by atoms with van der Waals surface area (Å²) in [5.41, 5.74) is -1.79. The van der Waals surface area contributed by atoms with Crippen LogP contribution in [0.3, 0.4) is 0 Å². The molecule has 0 aliphatic heterocycles. The third kappa shape index (κ3) is 4.98. The monoisotopic (exact) mass is 366 g/mol. The molecule has 138 valence electrons. The predicted molar refractivity (Wildman–Crippen MR) is 90.6 cm³/mol. The Bertz CT molecular complexity index is 828. The summed E-state index contributed by atoms with van der Waals surface area (Å²) in [6.07, 6.45) is -0.776. The quantitative estimate of drug-likeness (QED) is 0.827. The highest BCUT2D eigenvalue weighted by Crippen LogP contribution is 2.22. The number of anilines is 2. The van der Waals surface area contributed by atoms with Crippen molar-refractivity contribution in [2.24, 2.45) is 0 Å². The molecule has 0 fully saturated rings. The molecule has 0 heterocycles. The van der Waals surface area contributed by atoms with Gasteiger partial charge in [0.15, 0.2) is 0 Å². The standard InChI is InChI=1S/C18H17F3N2O3/c1-18(2,3)26-17(25)22-10-7-8-11(19)14(9-10)23-16(24)15-12(20)5-4-6-13(15)21/h4-9H,1-3H3,(H,22,25)(H,23,24). The fourth-order valence-corrected chi connectivity index (χ4v) is 2.02. The van der Waals surface area contributed by atoms with Gasteiger partial charge in [-0.25, -0.2) is 18.0 Å². The molecule has 5 nitrogen and oxygen atoms in total. The van der Waals surface area contributed by atoms with Crippen LogP contribution in [-0.4, -0.2) is 17.6 Å². The Hall–Kier alpha value is -3.03. The van der Waals surface area contributed by atoms with Crippen LogP contribution in [0, 0.1) is 17.5 Å². The molecule has 2 N–H and O–H groups in total. The third-order valence-corrected chi connectivity index (χ3v) is 3.05. The van der Waals surface area contributed by atoms with Crippen molar-refractivity contribution < 1.29 is 27.5 Å². The van der Waals surface area contributed by atoms with Gasteiger partial charge in [-0.15, -0.1) is 0 Å². The van der Waals surface area contributed by atoms with Crippen molar-refractivity contribution >= 4 is 23.4 Å². The molecular weight excluding hydrogens is 349 g/mol. The van der Waals surface area contributed by atoms with Gasteiger partial charge in [-0.1, -0.05) is 6.07 Å². The molecule has 26 heavy (non-hydrogen) atoms. The molecule has 2 rings (SSSR count). The highest BCUT2D eigenvalue weighted by molar-refractivity contribution is 6.05. The van der Waals surface area contributed by atoms with Gasteiger partial charge < -0.3 is 10.1 Å². The lowest BCUT2D eigenvalue weighted by molar-refractivity contribution is 0.0635. The van der Waals surface area contributed by atoms with Crippen LogP contribution in [0.2, 0.25) is 0 Å². The maximum Gasteiger partial charge on any atom is 0.412 e. The summed E-state index contributed by atoms with van der Waals surface area (Å²) in [6, 6.07) is 6.27. The fraction of sp³-hybridized carbons (Fsp3) is 0.222. The van der Waals surface area contributed by atoms with E-state index in [2.05, 4.69) is 10.6 Å². The number of benzene rings is 2. The minimum Gasteiger partial charge on any atom is -0.444 e.